The molecule has 0 radical (unpaired) electrons. The van der Waals surface area contributed by atoms with Crippen LogP contribution in [0.4, 0.5) is 10.1 Å². The number of fused-ring (bicyclic) bond motifs is 1. The Bertz CT molecular complexity index is 830. The van der Waals surface area contributed by atoms with Gasteiger partial charge in [-0.05, 0) is 37.1 Å². The number of hydrogen-bond acceptors (Lipinski definition) is 5. The van der Waals surface area contributed by atoms with Crippen LogP contribution in [-0.4, -0.2) is 21.8 Å². The zero-order valence-corrected chi connectivity index (χ0v) is 15.6. The molecule has 0 aliphatic carbocycles. The van der Waals surface area contributed by atoms with Gasteiger partial charge in [0.25, 0.3) is 5.69 Å². The van der Waals surface area contributed by atoms with Gasteiger partial charge in [-0.25, -0.2) is 4.39 Å². The molecule has 2 unspecified atom stereocenters. The van der Waals surface area contributed by atoms with Crippen molar-refractivity contribution in [2.75, 3.05) is 5.75 Å². The van der Waals surface area contributed by atoms with Crippen molar-refractivity contribution in [1.29, 1.82) is 0 Å². The number of nitro groups is 1. The van der Waals surface area contributed by atoms with E-state index >= 15 is 0 Å². The molecule has 1 heterocycles. The summed E-state index contributed by atoms with van der Waals surface area (Å²) in [6.07, 6.45) is 0.752. The fourth-order valence-corrected chi connectivity index (χ4v) is 4.75. The zero-order chi connectivity index (χ0) is 18.7. The summed E-state index contributed by atoms with van der Waals surface area (Å²) in [5.74, 6) is 0.364. The van der Waals surface area contributed by atoms with E-state index in [9.17, 15) is 19.3 Å². The minimum absolute atomic E-state index is 0.0183. The van der Waals surface area contributed by atoms with E-state index in [0.717, 1.165) is 22.6 Å². The summed E-state index contributed by atoms with van der Waals surface area (Å²) in [6.45, 7) is 1.78. The van der Waals surface area contributed by atoms with Crippen LogP contribution < -0.4 is 5.32 Å². The first kappa shape index (κ1) is 18.7. The molecule has 1 amide bonds. The lowest BCUT2D eigenvalue weighted by Crippen LogP contribution is -2.35. The molecule has 0 saturated heterocycles. The van der Waals surface area contributed by atoms with Crippen LogP contribution in [0.2, 0.25) is 0 Å². The average Bonchev–Trinajstić information content (AvgIpc) is 2.63. The number of nitrogens with one attached hydrogen (secondary N) is 1. The Labute approximate surface area is 158 Å². The molecule has 0 fully saturated rings. The Morgan fingerprint density at radius 2 is 2.08 bits per heavy atom. The molecular weight excluding hydrogens is 375 g/mol. The van der Waals surface area contributed by atoms with E-state index in [0.29, 0.717) is 4.90 Å². The van der Waals surface area contributed by atoms with Crippen LogP contribution >= 0.6 is 23.5 Å². The number of carbonyl (C=O) groups excluding carboxylic acids is 1. The summed E-state index contributed by atoms with van der Waals surface area (Å²) >= 11 is 2.81. The van der Waals surface area contributed by atoms with Crippen LogP contribution in [0.3, 0.4) is 0 Å². The van der Waals surface area contributed by atoms with E-state index in [4.69, 9.17) is 0 Å². The number of carbonyl (C=O) groups is 1. The highest BCUT2D eigenvalue weighted by molar-refractivity contribution is 8.00. The standard InChI is InChI=1S/C18H17FN2O3S2/c1-11(26-13-7-5-12(6-8-13)21(23)24)18(22)20-16-9-10-25-17-14(16)3-2-4-15(17)19/h2-8,11,16H,9-10H2,1H3,(H,20,22). The number of nitrogens with zero attached hydrogens (tertiary/aromatic N) is 1. The quantitative estimate of drug-likeness (QED) is 0.458. The second kappa shape index (κ2) is 8.09. The summed E-state index contributed by atoms with van der Waals surface area (Å²) in [7, 11) is 0. The molecule has 2 atom stereocenters. The van der Waals surface area contributed by atoms with Gasteiger partial charge >= 0.3 is 0 Å². The Morgan fingerprint density at radius 3 is 2.77 bits per heavy atom. The maximum absolute atomic E-state index is 13.9. The lowest BCUT2D eigenvalue weighted by Gasteiger charge is -2.27. The first-order valence-corrected chi connectivity index (χ1v) is 9.95. The van der Waals surface area contributed by atoms with Crippen molar-refractivity contribution in [2.45, 2.75) is 34.4 Å². The van der Waals surface area contributed by atoms with Crippen molar-refractivity contribution in [3.63, 3.8) is 0 Å². The Kier molecular flexibility index (Phi) is 5.83. The number of thioether (sulfide) groups is 2. The van der Waals surface area contributed by atoms with E-state index in [1.807, 2.05) is 6.07 Å². The minimum Gasteiger partial charge on any atom is -0.348 e. The number of amides is 1. The van der Waals surface area contributed by atoms with Gasteiger partial charge < -0.3 is 5.32 Å². The lowest BCUT2D eigenvalue weighted by molar-refractivity contribution is -0.384. The number of rotatable bonds is 5. The molecule has 3 rings (SSSR count). The van der Waals surface area contributed by atoms with Gasteiger partial charge in [-0.2, -0.15) is 0 Å². The van der Waals surface area contributed by atoms with Crippen molar-refractivity contribution in [2.24, 2.45) is 0 Å². The Hall–Kier alpha value is -2.06. The first-order valence-electron chi connectivity index (χ1n) is 8.08. The van der Waals surface area contributed by atoms with Crippen LogP contribution in [0.1, 0.15) is 24.9 Å². The summed E-state index contributed by atoms with van der Waals surface area (Å²) in [6, 6.07) is 10.9. The molecular formula is C18H17FN2O3S2. The second-order valence-corrected chi connectivity index (χ2v) is 8.39. The van der Waals surface area contributed by atoms with E-state index in [-0.39, 0.29) is 28.7 Å². The van der Waals surface area contributed by atoms with Gasteiger partial charge in [0.15, 0.2) is 0 Å². The summed E-state index contributed by atoms with van der Waals surface area (Å²) < 4.78 is 13.9. The molecule has 0 aromatic heterocycles. The molecule has 2 aromatic rings. The van der Waals surface area contributed by atoms with E-state index in [1.165, 1.54) is 41.7 Å². The van der Waals surface area contributed by atoms with Gasteiger partial charge in [-0.15, -0.1) is 23.5 Å². The predicted octanol–water partition coefficient (Wildman–Crippen LogP) is 4.57. The zero-order valence-electron chi connectivity index (χ0n) is 14.0. The molecule has 0 spiro atoms. The summed E-state index contributed by atoms with van der Waals surface area (Å²) in [5, 5.41) is 13.3. The molecule has 0 saturated carbocycles. The maximum Gasteiger partial charge on any atom is 0.269 e. The van der Waals surface area contributed by atoms with Gasteiger partial charge in [0.05, 0.1) is 16.2 Å². The fourth-order valence-electron chi connectivity index (χ4n) is 2.73. The molecule has 0 bridgehead atoms. The molecule has 1 aliphatic rings. The van der Waals surface area contributed by atoms with Gasteiger partial charge in [-0.1, -0.05) is 12.1 Å². The minimum atomic E-state index is -0.456. The van der Waals surface area contributed by atoms with Crippen molar-refractivity contribution in [3.8, 4) is 0 Å². The number of halogens is 1. The Morgan fingerprint density at radius 1 is 1.35 bits per heavy atom. The summed E-state index contributed by atoms with van der Waals surface area (Å²) in [4.78, 5) is 24.2. The van der Waals surface area contributed by atoms with Crippen LogP contribution in [0, 0.1) is 15.9 Å². The molecule has 26 heavy (non-hydrogen) atoms. The molecule has 1 aliphatic heterocycles. The van der Waals surface area contributed by atoms with Gasteiger partial charge in [0.2, 0.25) is 5.91 Å². The van der Waals surface area contributed by atoms with E-state index < -0.39 is 4.92 Å². The predicted molar refractivity (Wildman–Crippen MR) is 101 cm³/mol. The molecule has 5 nitrogen and oxygen atoms in total. The third kappa shape index (κ3) is 4.19. The van der Waals surface area contributed by atoms with Crippen molar-refractivity contribution < 1.29 is 14.1 Å². The molecule has 136 valence electrons. The fraction of sp³-hybridized carbons (Fsp3) is 0.278. The maximum atomic E-state index is 13.9. The van der Waals surface area contributed by atoms with E-state index in [2.05, 4.69) is 5.32 Å². The highest BCUT2D eigenvalue weighted by Gasteiger charge is 2.26. The normalized spacial score (nSPS) is 17.2. The second-order valence-electron chi connectivity index (χ2n) is 5.87. The Balaban J connectivity index is 1.65. The van der Waals surface area contributed by atoms with Crippen LogP contribution in [-0.2, 0) is 4.79 Å². The first-order chi connectivity index (χ1) is 12.5. The van der Waals surface area contributed by atoms with Crippen molar-refractivity contribution in [3.05, 3.63) is 64.0 Å². The third-order valence-electron chi connectivity index (χ3n) is 4.07. The number of nitro benzene ring substituents is 1. The van der Waals surface area contributed by atoms with Crippen LogP contribution in [0.25, 0.3) is 0 Å². The topological polar surface area (TPSA) is 72.2 Å². The highest BCUT2D eigenvalue weighted by atomic mass is 32.2. The number of hydrogen-bond donors (Lipinski definition) is 1. The molecule has 1 N–H and O–H groups in total. The third-order valence-corrected chi connectivity index (χ3v) is 6.34. The monoisotopic (exact) mass is 392 g/mol. The van der Waals surface area contributed by atoms with Gasteiger partial charge in [-0.3, -0.25) is 14.9 Å². The molecule has 2 aromatic carbocycles. The van der Waals surface area contributed by atoms with Crippen LogP contribution in [0.15, 0.2) is 52.3 Å². The average molecular weight is 392 g/mol. The largest absolute Gasteiger partial charge is 0.348 e. The lowest BCUT2D eigenvalue weighted by atomic mass is 10.0. The van der Waals surface area contributed by atoms with Crippen LogP contribution in [0.5, 0.6) is 0 Å². The van der Waals surface area contributed by atoms with Gasteiger partial charge in [0.1, 0.15) is 5.82 Å². The molecule has 8 heteroatoms. The number of non-ortho nitro benzene ring substituents is 1. The summed E-state index contributed by atoms with van der Waals surface area (Å²) in [5.41, 5.74) is 0.840. The van der Waals surface area contributed by atoms with Crippen molar-refractivity contribution in [1.82, 2.24) is 5.32 Å². The van der Waals surface area contributed by atoms with E-state index in [1.54, 1.807) is 25.1 Å². The SMILES string of the molecule is CC(Sc1ccc([N+](=O)[O-])cc1)C(=O)NC1CCSc2c(F)cccc21. The van der Waals surface area contributed by atoms with Crippen molar-refractivity contribution >= 4 is 35.1 Å². The smallest absolute Gasteiger partial charge is 0.269 e. The highest BCUT2D eigenvalue weighted by Crippen LogP contribution is 2.38. The van der Waals surface area contributed by atoms with Gasteiger partial charge in [0, 0.05) is 27.7 Å². The number of benzene rings is 2.